The van der Waals surface area contributed by atoms with E-state index in [1.165, 1.54) is 12.1 Å². The number of pyridine rings is 1. The predicted octanol–water partition coefficient (Wildman–Crippen LogP) is 6.11. The maximum atomic E-state index is 13.5. The molecule has 0 saturated heterocycles. The predicted molar refractivity (Wildman–Crippen MR) is 148 cm³/mol. The Morgan fingerprint density at radius 1 is 0.947 bits per heavy atom. The van der Waals surface area contributed by atoms with E-state index >= 15 is 0 Å². The van der Waals surface area contributed by atoms with Crippen LogP contribution in [-0.2, 0) is 17.8 Å². The Morgan fingerprint density at radius 2 is 1.71 bits per heavy atom. The van der Waals surface area contributed by atoms with Crippen LogP contribution in [0.4, 0.5) is 4.39 Å². The Morgan fingerprint density at radius 3 is 2.50 bits per heavy atom. The molecule has 2 aromatic heterocycles. The summed E-state index contributed by atoms with van der Waals surface area (Å²) < 4.78 is 21.4. The van der Waals surface area contributed by atoms with E-state index in [0.717, 1.165) is 39.0 Å². The molecule has 6 heteroatoms. The summed E-state index contributed by atoms with van der Waals surface area (Å²) in [4.78, 5) is 17.6. The Labute approximate surface area is 221 Å². The molecule has 38 heavy (non-hydrogen) atoms. The van der Waals surface area contributed by atoms with E-state index in [2.05, 4.69) is 33.2 Å². The first-order valence-electron chi connectivity index (χ1n) is 12.7. The smallest absolute Gasteiger partial charge is 0.220 e. The lowest BCUT2D eigenvalue weighted by atomic mass is 9.87. The molecule has 1 amide bonds. The lowest BCUT2D eigenvalue weighted by Crippen LogP contribution is -2.27. The second-order valence-electron chi connectivity index (χ2n) is 9.28. The van der Waals surface area contributed by atoms with Gasteiger partial charge in [-0.1, -0.05) is 54.6 Å². The minimum absolute atomic E-state index is 0.0350. The molecule has 1 unspecified atom stereocenters. The number of nitrogens with zero attached hydrogens (tertiary/aromatic N) is 2. The molecule has 192 valence electrons. The number of fused-ring (bicyclic) bond motifs is 1. The molecule has 5 aromatic rings. The molecule has 1 atom stereocenters. The van der Waals surface area contributed by atoms with Gasteiger partial charge in [0.15, 0.2) is 0 Å². The fraction of sp³-hybridized carbons (Fsp3) is 0.188. The molecule has 0 bridgehead atoms. The van der Waals surface area contributed by atoms with E-state index < -0.39 is 0 Å². The topological polar surface area (TPSA) is 56.1 Å². The molecule has 1 N–H and O–H groups in total. The van der Waals surface area contributed by atoms with Gasteiger partial charge < -0.3 is 14.6 Å². The molecule has 5 rings (SSSR count). The summed E-state index contributed by atoms with van der Waals surface area (Å²) in [7, 11) is 1.65. The van der Waals surface area contributed by atoms with E-state index in [1.807, 2.05) is 54.6 Å². The van der Waals surface area contributed by atoms with Gasteiger partial charge in [-0.2, -0.15) is 0 Å². The first-order valence-corrected chi connectivity index (χ1v) is 12.7. The van der Waals surface area contributed by atoms with Crippen LogP contribution in [0, 0.1) is 5.82 Å². The van der Waals surface area contributed by atoms with Gasteiger partial charge >= 0.3 is 0 Å². The molecule has 0 aliphatic carbocycles. The third-order valence-corrected chi connectivity index (χ3v) is 6.79. The maximum absolute atomic E-state index is 13.5. The van der Waals surface area contributed by atoms with Crippen LogP contribution in [0.2, 0.25) is 0 Å². The van der Waals surface area contributed by atoms with Crippen molar-refractivity contribution >= 4 is 16.8 Å². The molecular formula is C32H30FN3O2. The minimum Gasteiger partial charge on any atom is -0.496 e. The molecule has 0 saturated carbocycles. The first kappa shape index (κ1) is 25.2. The van der Waals surface area contributed by atoms with Crippen LogP contribution < -0.4 is 10.1 Å². The van der Waals surface area contributed by atoms with Crippen LogP contribution in [0.25, 0.3) is 10.9 Å². The number of methoxy groups -OCH3 is 1. The zero-order chi connectivity index (χ0) is 26.3. The van der Waals surface area contributed by atoms with E-state index in [4.69, 9.17) is 4.74 Å². The van der Waals surface area contributed by atoms with Crippen LogP contribution in [0.5, 0.6) is 5.75 Å². The van der Waals surface area contributed by atoms with Crippen molar-refractivity contribution in [2.45, 2.75) is 25.3 Å². The largest absolute Gasteiger partial charge is 0.496 e. The second-order valence-corrected chi connectivity index (χ2v) is 9.28. The highest BCUT2D eigenvalue weighted by Gasteiger charge is 2.25. The number of carbonyl (C=O) groups is 1. The number of benzene rings is 3. The van der Waals surface area contributed by atoms with E-state index in [-0.39, 0.29) is 24.1 Å². The summed E-state index contributed by atoms with van der Waals surface area (Å²) in [6.45, 7) is 1.11. The number of rotatable bonds is 10. The summed E-state index contributed by atoms with van der Waals surface area (Å²) in [5.74, 6) is 0.235. The number of nitrogens with one attached hydrogen (secondary N) is 1. The normalized spacial score (nSPS) is 11.8. The van der Waals surface area contributed by atoms with Gasteiger partial charge in [-0.15, -0.1) is 0 Å². The van der Waals surface area contributed by atoms with Crippen LogP contribution in [0.15, 0.2) is 103 Å². The van der Waals surface area contributed by atoms with Gasteiger partial charge in [0.2, 0.25) is 5.91 Å². The lowest BCUT2D eigenvalue weighted by Gasteiger charge is -2.20. The number of carbonyl (C=O) groups excluding carboxylic acids is 1. The van der Waals surface area contributed by atoms with E-state index in [0.29, 0.717) is 19.5 Å². The summed E-state index contributed by atoms with van der Waals surface area (Å²) in [5, 5.41) is 4.15. The molecule has 5 nitrogen and oxygen atoms in total. The molecule has 0 radical (unpaired) electrons. The number of amides is 1. The van der Waals surface area contributed by atoms with Crippen LogP contribution in [0.3, 0.4) is 0 Å². The zero-order valence-corrected chi connectivity index (χ0v) is 21.3. The quantitative estimate of drug-likeness (QED) is 0.248. The van der Waals surface area contributed by atoms with Crippen LogP contribution in [-0.4, -0.2) is 29.1 Å². The highest BCUT2D eigenvalue weighted by Crippen LogP contribution is 2.38. The number of hydrogen-bond acceptors (Lipinski definition) is 3. The fourth-order valence-electron chi connectivity index (χ4n) is 4.95. The lowest BCUT2D eigenvalue weighted by molar-refractivity contribution is -0.121. The van der Waals surface area contributed by atoms with Crippen molar-refractivity contribution in [3.8, 4) is 5.75 Å². The van der Waals surface area contributed by atoms with Crippen molar-refractivity contribution < 1.29 is 13.9 Å². The maximum Gasteiger partial charge on any atom is 0.220 e. The number of halogens is 1. The highest BCUT2D eigenvalue weighted by atomic mass is 19.1. The van der Waals surface area contributed by atoms with Crippen molar-refractivity contribution in [1.29, 1.82) is 0 Å². The fourth-order valence-corrected chi connectivity index (χ4v) is 4.95. The van der Waals surface area contributed by atoms with Crippen molar-refractivity contribution in [1.82, 2.24) is 14.9 Å². The van der Waals surface area contributed by atoms with Crippen molar-refractivity contribution in [2.75, 3.05) is 13.7 Å². The summed E-state index contributed by atoms with van der Waals surface area (Å²) in [5.41, 5.74) is 5.01. The Balaban J connectivity index is 1.47. The number of hydrogen-bond donors (Lipinski definition) is 1. The Kier molecular flexibility index (Phi) is 7.78. The van der Waals surface area contributed by atoms with Crippen molar-refractivity contribution in [3.63, 3.8) is 0 Å². The van der Waals surface area contributed by atoms with Crippen molar-refractivity contribution in [3.05, 3.63) is 132 Å². The Hall–Kier alpha value is -4.45. The van der Waals surface area contributed by atoms with Gasteiger partial charge in [0, 0.05) is 66.4 Å². The molecular weight excluding hydrogens is 477 g/mol. The monoisotopic (exact) mass is 507 g/mol. The van der Waals surface area contributed by atoms with Gasteiger partial charge in [-0.25, -0.2) is 4.39 Å². The third-order valence-electron chi connectivity index (χ3n) is 6.79. The van der Waals surface area contributed by atoms with Gasteiger partial charge in [-0.05, 0) is 47.5 Å². The molecule has 0 fully saturated rings. The first-order chi connectivity index (χ1) is 18.6. The molecule has 0 aliphatic rings. The average Bonchev–Trinajstić information content (AvgIpc) is 3.31. The van der Waals surface area contributed by atoms with Gasteiger partial charge in [0.25, 0.3) is 0 Å². The molecule has 2 heterocycles. The van der Waals surface area contributed by atoms with Gasteiger partial charge in [0.05, 0.1) is 7.11 Å². The zero-order valence-electron chi connectivity index (χ0n) is 21.3. The molecule has 0 spiro atoms. The number of ether oxygens (including phenoxy) is 1. The Bertz CT molecular complexity index is 1510. The molecule has 0 aliphatic heterocycles. The number of aromatic nitrogens is 2. The second kappa shape index (κ2) is 11.7. The summed E-state index contributed by atoms with van der Waals surface area (Å²) in [6.07, 6.45) is 4.82. The third kappa shape index (κ3) is 5.75. The number of para-hydroxylation sites is 2. The summed E-state index contributed by atoms with van der Waals surface area (Å²) in [6, 6.07) is 28.4. The van der Waals surface area contributed by atoms with Crippen molar-refractivity contribution in [2.24, 2.45) is 0 Å². The SMILES string of the molecule is COc1ccccc1C(CC(=O)NCCc1ccccn1)c1cn(Cc2ccc(F)cc2)c2ccccc12. The summed E-state index contributed by atoms with van der Waals surface area (Å²) >= 11 is 0. The standard InChI is InChI=1S/C32H30FN3O2/c1-38-31-12-5-3-10-27(31)28(20-32(37)35-19-17-25-8-6-7-18-34-25)29-22-36(30-11-4-2-9-26(29)30)21-23-13-15-24(33)16-14-23/h2-16,18,22,28H,17,19-21H2,1H3,(H,35,37). The highest BCUT2D eigenvalue weighted by molar-refractivity contribution is 5.87. The van der Waals surface area contributed by atoms with Crippen LogP contribution >= 0.6 is 0 Å². The average molecular weight is 508 g/mol. The van der Waals surface area contributed by atoms with Gasteiger partial charge in [-0.3, -0.25) is 9.78 Å². The minimum atomic E-state index is -0.253. The van der Waals surface area contributed by atoms with E-state index in [1.54, 1.807) is 25.4 Å². The van der Waals surface area contributed by atoms with E-state index in [9.17, 15) is 9.18 Å². The van der Waals surface area contributed by atoms with Gasteiger partial charge in [0.1, 0.15) is 11.6 Å². The molecule has 3 aromatic carbocycles. The van der Waals surface area contributed by atoms with Crippen LogP contribution in [0.1, 0.15) is 34.7 Å².